The van der Waals surface area contributed by atoms with Gasteiger partial charge in [-0.1, -0.05) is 24.3 Å². The number of benzene rings is 2. The molecule has 2 bridgehead atoms. The van der Waals surface area contributed by atoms with E-state index in [0.29, 0.717) is 17.1 Å². The first-order valence-electron chi connectivity index (χ1n) is 11.8. The maximum absolute atomic E-state index is 14.1. The van der Waals surface area contributed by atoms with E-state index in [0.717, 1.165) is 12.8 Å². The number of aromatic nitrogens is 1. The summed E-state index contributed by atoms with van der Waals surface area (Å²) in [6, 6.07) is 18.7. The largest absolute Gasteiger partial charge is 0.457 e. The number of carbonyl (C=O) groups is 1. The topological polar surface area (TPSA) is 118 Å². The molecule has 2 aromatic carbocycles. The molecular formula is C26H27N3O6S. The first kappa shape index (κ1) is 24.4. The Labute approximate surface area is 209 Å². The van der Waals surface area contributed by atoms with Crippen molar-refractivity contribution < 1.29 is 27.9 Å². The Morgan fingerprint density at radius 3 is 2.31 bits per heavy atom. The van der Waals surface area contributed by atoms with Gasteiger partial charge in [-0.15, -0.1) is 0 Å². The Hall–Kier alpha value is -3.31. The van der Waals surface area contributed by atoms with Crippen molar-refractivity contribution in [1.29, 1.82) is 0 Å². The Bertz CT molecular complexity index is 1290. The van der Waals surface area contributed by atoms with Gasteiger partial charge < -0.3 is 9.47 Å². The minimum absolute atomic E-state index is 0.00996. The van der Waals surface area contributed by atoms with Crippen LogP contribution in [-0.4, -0.2) is 46.6 Å². The molecule has 10 heteroatoms. The lowest BCUT2D eigenvalue weighted by atomic mass is 9.85. The van der Waals surface area contributed by atoms with E-state index in [-0.39, 0.29) is 36.5 Å². The van der Waals surface area contributed by atoms with E-state index in [1.54, 1.807) is 54.3 Å². The van der Waals surface area contributed by atoms with Gasteiger partial charge in [-0.25, -0.2) is 13.9 Å². The lowest BCUT2D eigenvalue weighted by Crippen LogP contribution is -2.63. The second-order valence-electron chi connectivity index (χ2n) is 9.10. The molecule has 5 rings (SSSR count). The van der Waals surface area contributed by atoms with E-state index in [4.69, 9.17) is 9.47 Å². The summed E-state index contributed by atoms with van der Waals surface area (Å²) in [5.41, 5.74) is 0.833. The number of nitrogens with one attached hydrogen (secondary N) is 1. The molecule has 3 aromatic rings. The Balaban J connectivity index is 1.53. The van der Waals surface area contributed by atoms with Gasteiger partial charge in [0, 0.05) is 31.8 Å². The van der Waals surface area contributed by atoms with Crippen LogP contribution in [0.4, 0.5) is 0 Å². The van der Waals surface area contributed by atoms with Crippen LogP contribution < -0.4 is 10.2 Å². The molecule has 2 atom stereocenters. The molecule has 188 valence electrons. The zero-order valence-electron chi connectivity index (χ0n) is 19.5. The number of nitrogens with zero attached hydrogens (tertiary/aromatic N) is 2. The summed E-state index contributed by atoms with van der Waals surface area (Å²) in [7, 11) is -4.20. The maximum atomic E-state index is 14.1. The lowest BCUT2D eigenvalue weighted by molar-refractivity contribution is -0.150. The Morgan fingerprint density at radius 2 is 1.69 bits per heavy atom. The fourth-order valence-electron chi connectivity index (χ4n) is 5.08. The van der Waals surface area contributed by atoms with Crippen molar-refractivity contribution in [3.05, 3.63) is 84.7 Å². The van der Waals surface area contributed by atoms with Crippen LogP contribution >= 0.6 is 0 Å². The van der Waals surface area contributed by atoms with Gasteiger partial charge in [0.2, 0.25) is 10.0 Å². The number of pyridine rings is 1. The number of rotatable bonds is 8. The molecule has 9 nitrogen and oxygen atoms in total. The van der Waals surface area contributed by atoms with E-state index in [1.807, 2.05) is 18.2 Å². The van der Waals surface area contributed by atoms with Crippen molar-refractivity contribution >= 4 is 15.9 Å². The SMILES string of the molecule is O=C(NO)C1(N(Cc2cccnc2)S(=O)(=O)c2ccc(Oc3ccccc3)cc2)CC2CCC(C1)O2. The number of hydrogen-bond donors (Lipinski definition) is 2. The highest BCUT2D eigenvalue weighted by Gasteiger charge is 2.56. The fraction of sp³-hybridized carbons (Fsp3) is 0.308. The summed E-state index contributed by atoms with van der Waals surface area (Å²) >= 11 is 0. The quantitative estimate of drug-likeness (QED) is 0.352. The summed E-state index contributed by atoms with van der Waals surface area (Å²) in [6.07, 6.45) is 4.38. The van der Waals surface area contributed by atoms with Gasteiger partial charge >= 0.3 is 0 Å². The average Bonchev–Trinajstić information content (AvgIpc) is 3.26. The van der Waals surface area contributed by atoms with Crippen molar-refractivity contribution in [1.82, 2.24) is 14.8 Å². The third-order valence-corrected chi connectivity index (χ3v) is 8.69. The van der Waals surface area contributed by atoms with Crippen molar-refractivity contribution in [3.8, 4) is 11.5 Å². The molecule has 2 aliphatic heterocycles. The number of amides is 1. The predicted molar refractivity (Wildman–Crippen MR) is 130 cm³/mol. The van der Waals surface area contributed by atoms with Crippen LogP contribution in [0.2, 0.25) is 0 Å². The second kappa shape index (κ2) is 9.98. The summed E-state index contributed by atoms with van der Waals surface area (Å²) < 4.78 is 41.2. The third-order valence-electron chi connectivity index (χ3n) is 6.77. The van der Waals surface area contributed by atoms with Gasteiger partial charge in [0.15, 0.2) is 0 Å². The normalized spacial score (nSPS) is 23.4. The number of sulfonamides is 1. The molecule has 0 saturated carbocycles. The van der Waals surface area contributed by atoms with Crippen LogP contribution in [0.25, 0.3) is 0 Å². The molecule has 2 unspecified atom stereocenters. The number of fused-ring (bicyclic) bond motifs is 2. The average molecular weight is 510 g/mol. The second-order valence-corrected chi connectivity index (χ2v) is 11.0. The smallest absolute Gasteiger partial charge is 0.265 e. The van der Waals surface area contributed by atoms with Gasteiger partial charge in [-0.3, -0.25) is 15.0 Å². The van der Waals surface area contributed by atoms with Crippen LogP contribution in [0.15, 0.2) is 84.0 Å². The van der Waals surface area contributed by atoms with Crippen LogP contribution in [0.1, 0.15) is 31.2 Å². The Kier molecular flexibility index (Phi) is 6.76. The summed E-state index contributed by atoms with van der Waals surface area (Å²) in [6.45, 7) is -0.0920. The lowest BCUT2D eigenvalue weighted by Gasteiger charge is -2.45. The van der Waals surface area contributed by atoms with Crippen molar-refractivity contribution in [2.24, 2.45) is 0 Å². The number of carbonyl (C=O) groups excluding carboxylic acids is 1. The minimum atomic E-state index is -4.20. The van der Waals surface area contributed by atoms with Crippen LogP contribution in [0.3, 0.4) is 0 Å². The van der Waals surface area contributed by atoms with Crippen LogP contribution in [0.5, 0.6) is 11.5 Å². The monoisotopic (exact) mass is 509 g/mol. The van der Waals surface area contributed by atoms with Crippen molar-refractivity contribution in [2.45, 2.75) is 54.9 Å². The van der Waals surface area contributed by atoms with Gasteiger partial charge in [0.1, 0.15) is 17.0 Å². The van der Waals surface area contributed by atoms with E-state index < -0.39 is 21.5 Å². The maximum Gasteiger partial charge on any atom is 0.265 e. The molecular weight excluding hydrogens is 482 g/mol. The number of ether oxygens (including phenoxy) is 2. The standard InChI is InChI=1S/C26H27N3O6S/c30-25(28-31)26(15-22-8-9-23(16-26)35-22)29(18-19-5-4-14-27-17-19)36(32,33)24-12-10-21(11-13-24)34-20-6-2-1-3-7-20/h1-7,10-14,17,22-23,31H,8-9,15-16,18H2,(H,28,30). The first-order chi connectivity index (χ1) is 17.4. The number of hydroxylamine groups is 1. The van der Waals surface area contributed by atoms with Crippen LogP contribution in [-0.2, 0) is 26.1 Å². The predicted octanol–water partition coefficient (Wildman–Crippen LogP) is 3.65. The fourth-order valence-corrected chi connectivity index (χ4v) is 6.82. The van der Waals surface area contributed by atoms with E-state index >= 15 is 0 Å². The molecule has 2 fully saturated rings. The highest BCUT2D eigenvalue weighted by molar-refractivity contribution is 7.89. The molecule has 36 heavy (non-hydrogen) atoms. The van der Waals surface area contributed by atoms with Crippen molar-refractivity contribution in [3.63, 3.8) is 0 Å². The molecule has 2 saturated heterocycles. The Morgan fingerprint density at radius 1 is 1.03 bits per heavy atom. The summed E-state index contributed by atoms with van der Waals surface area (Å²) in [4.78, 5) is 17.3. The molecule has 0 aliphatic carbocycles. The van der Waals surface area contributed by atoms with Gasteiger partial charge in [-0.05, 0) is 60.9 Å². The molecule has 1 amide bonds. The number of para-hydroxylation sites is 1. The van der Waals surface area contributed by atoms with Gasteiger partial charge in [-0.2, -0.15) is 4.31 Å². The minimum Gasteiger partial charge on any atom is -0.457 e. The van der Waals surface area contributed by atoms with Gasteiger partial charge in [0.05, 0.1) is 17.1 Å². The van der Waals surface area contributed by atoms with Gasteiger partial charge in [0.25, 0.3) is 5.91 Å². The molecule has 2 N–H and O–H groups in total. The van der Waals surface area contributed by atoms with Crippen molar-refractivity contribution in [2.75, 3.05) is 0 Å². The highest BCUT2D eigenvalue weighted by Crippen LogP contribution is 2.44. The molecule has 0 spiro atoms. The summed E-state index contributed by atoms with van der Waals surface area (Å²) in [5, 5.41) is 9.68. The third kappa shape index (κ3) is 4.72. The first-order valence-corrected chi connectivity index (χ1v) is 13.2. The molecule has 3 heterocycles. The van der Waals surface area contributed by atoms with Crippen LogP contribution in [0, 0.1) is 0 Å². The zero-order chi connectivity index (χ0) is 25.2. The van der Waals surface area contributed by atoms with E-state index in [9.17, 15) is 18.4 Å². The van der Waals surface area contributed by atoms with E-state index in [1.165, 1.54) is 16.4 Å². The zero-order valence-corrected chi connectivity index (χ0v) is 20.3. The number of hydrogen-bond acceptors (Lipinski definition) is 7. The summed E-state index contributed by atoms with van der Waals surface area (Å²) in [5.74, 6) is 0.340. The molecule has 1 aromatic heterocycles. The molecule has 2 aliphatic rings. The van der Waals surface area contributed by atoms with E-state index in [2.05, 4.69) is 4.98 Å². The highest BCUT2D eigenvalue weighted by atomic mass is 32.2. The molecule has 0 radical (unpaired) electrons.